The highest BCUT2D eigenvalue weighted by Gasteiger charge is 2.17. The molecule has 0 heterocycles. The van der Waals surface area contributed by atoms with E-state index < -0.39 is 6.10 Å². The van der Waals surface area contributed by atoms with Crippen LogP contribution in [0.25, 0.3) is 0 Å². The van der Waals surface area contributed by atoms with Gasteiger partial charge < -0.3 is 10.8 Å². The number of aliphatic hydroxyl groups is 1. The van der Waals surface area contributed by atoms with E-state index in [0.717, 1.165) is 4.47 Å². The van der Waals surface area contributed by atoms with Crippen molar-refractivity contribution < 1.29 is 5.11 Å². The number of rotatable bonds is 4. The molecule has 0 aromatic heterocycles. The average molecular weight is 300 g/mol. The Morgan fingerprint density at radius 1 is 1.24 bits per heavy atom. The van der Waals surface area contributed by atoms with E-state index in [-0.39, 0.29) is 6.04 Å². The molecule has 0 radical (unpaired) electrons. The van der Waals surface area contributed by atoms with Crippen LogP contribution in [0.4, 0.5) is 0 Å². The standard InChI is InChI=1S/C14H22BrNO/c1-8-5-12(13(15)6-9(8)2)10(3)7-14(17)11(4)16/h5-6,10-11,14,17H,7,16H2,1-4H3. The SMILES string of the molecule is Cc1cc(Br)c(C(C)CC(O)C(C)N)cc1C. The predicted octanol–water partition coefficient (Wildman–Crippen LogP) is 3.27. The monoisotopic (exact) mass is 299 g/mol. The maximum absolute atomic E-state index is 9.83. The van der Waals surface area contributed by atoms with Crippen molar-refractivity contribution in [1.29, 1.82) is 0 Å². The van der Waals surface area contributed by atoms with Gasteiger partial charge in [0.2, 0.25) is 0 Å². The van der Waals surface area contributed by atoms with Crippen molar-refractivity contribution in [3.05, 3.63) is 33.3 Å². The summed E-state index contributed by atoms with van der Waals surface area (Å²) in [5, 5.41) is 9.83. The highest BCUT2D eigenvalue weighted by atomic mass is 79.9. The average Bonchev–Trinajstić information content (AvgIpc) is 2.22. The highest BCUT2D eigenvalue weighted by Crippen LogP contribution is 2.30. The summed E-state index contributed by atoms with van der Waals surface area (Å²) in [7, 11) is 0. The summed E-state index contributed by atoms with van der Waals surface area (Å²) in [5.74, 6) is 0.296. The van der Waals surface area contributed by atoms with E-state index in [1.54, 1.807) is 0 Å². The molecule has 0 aliphatic carbocycles. The lowest BCUT2D eigenvalue weighted by molar-refractivity contribution is 0.134. The number of nitrogens with two attached hydrogens (primary N) is 1. The molecule has 0 bridgehead atoms. The second kappa shape index (κ2) is 5.98. The molecule has 0 aliphatic rings. The summed E-state index contributed by atoms with van der Waals surface area (Å²) in [6, 6.07) is 4.15. The zero-order valence-electron chi connectivity index (χ0n) is 11.0. The number of hydrogen-bond acceptors (Lipinski definition) is 2. The van der Waals surface area contributed by atoms with Crippen LogP contribution in [-0.2, 0) is 0 Å². The molecule has 0 saturated carbocycles. The Kier molecular flexibility index (Phi) is 5.17. The van der Waals surface area contributed by atoms with Crippen molar-refractivity contribution in [2.24, 2.45) is 5.73 Å². The van der Waals surface area contributed by atoms with Crippen LogP contribution in [0.5, 0.6) is 0 Å². The molecule has 1 aromatic rings. The number of benzene rings is 1. The molecule has 1 aromatic carbocycles. The molecule has 3 atom stereocenters. The van der Waals surface area contributed by atoms with Gasteiger partial charge in [-0.2, -0.15) is 0 Å². The normalized spacial score (nSPS) is 16.6. The Balaban J connectivity index is 2.89. The van der Waals surface area contributed by atoms with Crippen LogP contribution < -0.4 is 5.73 Å². The molecule has 0 aliphatic heterocycles. The van der Waals surface area contributed by atoms with Crippen molar-refractivity contribution in [1.82, 2.24) is 0 Å². The molecule has 3 unspecified atom stereocenters. The van der Waals surface area contributed by atoms with Gasteiger partial charge >= 0.3 is 0 Å². The maximum Gasteiger partial charge on any atom is 0.0694 e. The Morgan fingerprint density at radius 2 is 1.76 bits per heavy atom. The van der Waals surface area contributed by atoms with E-state index >= 15 is 0 Å². The third-order valence-corrected chi connectivity index (χ3v) is 4.03. The fourth-order valence-corrected chi connectivity index (χ4v) is 2.73. The van der Waals surface area contributed by atoms with E-state index in [2.05, 4.69) is 48.8 Å². The van der Waals surface area contributed by atoms with Gasteiger partial charge in [0.15, 0.2) is 0 Å². The lowest BCUT2D eigenvalue weighted by atomic mass is 9.91. The van der Waals surface area contributed by atoms with Gasteiger partial charge in [-0.05, 0) is 55.9 Å². The van der Waals surface area contributed by atoms with Crippen LogP contribution in [0.1, 0.15) is 42.9 Å². The molecule has 3 heteroatoms. The summed E-state index contributed by atoms with van der Waals surface area (Å²) >= 11 is 3.60. The lowest BCUT2D eigenvalue weighted by Gasteiger charge is -2.21. The molecule has 0 amide bonds. The number of halogens is 1. The fraction of sp³-hybridized carbons (Fsp3) is 0.571. The van der Waals surface area contributed by atoms with E-state index in [9.17, 15) is 5.11 Å². The second-order valence-corrected chi connectivity index (χ2v) is 5.88. The van der Waals surface area contributed by atoms with Gasteiger partial charge in [-0.25, -0.2) is 0 Å². The Hall–Kier alpha value is -0.380. The smallest absolute Gasteiger partial charge is 0.0694 e. The molecule has 3 N–H and O–H groups in total. The van der Waals surface area contributed by atoms with Crippen molar-refractivity contribution >= 4 is 15.9 Å². The van der Waals surface area contributed by atoms with Crippen LogP contribution in [0.2, 0.25) is 0 Å². The minimum Gasteiger partial charge on any atom is -0.392 e. The fourth-order valence-electron chi connectivity index (χ4n) is 1.88. The van der Waals surface area contributed by atoms with Gasteiger partial charge in [-0.1, -0.05) is 28.9 Å². The molecular formula is C14H22BrNO. The minimum absolute atomic E-state index is 0.178. The van der Waals surface area contributed by atoms with Crippen molar-refractivity contribution in [3.63, 3.8) is 0 Å². The van der Waals surface area contributed by atoms with Crippen LogP contribution >= 0.6 is 15.9 Å². The largest absolute Gasteiger partial charge is 0.392 e. The van der Waals surface area contributed by atoms with Gasteiger partial charge in [0.1, 0.15) is 0 Å². The summed E-state index contributed by atoms with van der Waals surface area (Å²) in [6.07, 6.45) is 0.247. The molecule has 0 spiro atoms. The van der Waals surface area contributed by atoms with Crippen LogP contribution in [0.3, 0.4) is 0 Å². The van der Waals surface area contributed by atoms with Crippen LogP contribution in [-0.4, -0.2) is 17.3 Å². The summed E-state index contributed by atoms with van der Waals surface area (Å²) in [5.41, 5.74) is 9.50. The first kappa shape index (κ1) is 14.7. The molecule has 0 fully saturated rings. The van der Waals surface area contributed by atoms with E-state index in [0.29, 0.717) is 12.3 Å². The van der Waals surface area contributed by atoms with Gasteiger partial charge in [-0.3, -0.25) is 0 Å². The first-order valence-electron chi connectivity index (χ1n) is 6.03. The van der Waals surface area contributed by atoms with E-state index in [1.807, 2.05) is 6.92 Å². The topological polar surface area (TPSA) is 46.2 Å². The maximum atomic E-state index is 9.83. The minimum atomic E-state index is -0.446. The Bertz CT molecular complexity index is 390. The Labute approximate surface area is 112 Å². The molecule has 96 valence electrons. The predicted molar refractivity (Wildman–Crippen MR) is 76.3 cm³/mol. The molecule has 1 rings (SSSR count). The van der Waals surface area contributed by atoms with Gasteiger partial charge in [0.05, 0.1) is 6.10 Å². The summed E-state index contributed by atoms with van der Waals surface area (Å²) in [4.78, 5) is 0. The zero-order chi connectivity index (χ0) is 13.2. The van der Waals surface area contributed by atoms with Gasteiger partial charge in [-0.15, -0.1) is 0 Å². The highest BCUT2D eigenvalue weighted by molar-refractivity contribution is 9.10. The number of aliphatic hydroxyl groups excluding tert-OH is 1. The van der Waals surface area contributed by atoms with Gasteiger partial charge in [0, 0.05) is 10.5 Å². The molecular weight excluding hydrogens is 278 g/mol. The van der Waals surface area contributed by atoms with Crippen molar-refractivity contribution in [2.45, 2.75) is 52.2 Å². The number of hydrogen-bond donors (Lipinski definition) is 2. The van der Waals surface area contributed by atoms with Crippen LogP contribution in [0.15, 0.2) is 16.6 Å². The van der Waals surface area contributed by atoms with Gasteiger partial charge in [0.25, 0.3) is 0 Å². The van der Waals surface area contributed by atoms with E-state index in [1.165, 1.54) is 16.7 Å². The van der Waals surface area contributed by atoms with Crippen LogP contribution in [0, 0.1) is 13.8 Å². The third kappa shape index (κ3) is 3.80. The van der Waals surface area contributed by atoms with E-state index in [4.69, 9.17) is 5.73 Å². The first-order valence-corrected chi connectivity index (χ1v) is 6.82. The first-order chi connectivity index (χ1) is 7.82. The quantitative estimate of drug-likeness (QED) is 0.896. The second-order valence-electron chi connectivity index (χ2n) is 5.02. The van der Waals surface area contributed by atoms with Crippen molar-refractivity contribution in [2.75, 3.05) is 0 Å². The third-order valence-electron chi connectivity index (χ3n) is 3.35. The summed E-state index contributed by atoms with van der Waals surface area (Å²) in [6.45, 7) is 8.18. The molecule has 17 heavy (non-hydrogen) atoms. The number of aryl methyl sites for hydroxylation is 2. The Morgan fingerprint density at radius 3 is 2.29 bits per heavy atom. The van der Waals surface area contributed by atoms with Crippen molar-refractivity contribution in [3.8, 4) is 0 Å². The lowest BCUT2D eigenvalue weighted by Crippen LogP contribution is -2.32. The molecule has 2 nitrogen and oxygen atoms in total. The zero-order valence-corrected chi connectivity index (χ0v) is 12.6. The summed E-state index contributed by atoms with van der Waals surface area (Å²) < 4.78 is 1.12. The molecule has 0 saturated heterocycles.